The normalized spacial score (nSPS) is 10.6. The van der Waals surface area contributed by atoms with Gasteiger partial charge in [0.25, 0.3) is 0 Å². The number of benzene rings is 1. The molecule has 2 heterocycles. The van der Waals surface area contributed by atoms with Crippen LogP contribution in [-0.2, 0) is 6.54 Å². The minimum atomic E-state index is 0.719. The van der Waals surface area contributed by atoms with Gasteiger partial charge in [-0.1, -0.05) is 12.1 Å². The van der Waals surface area contributed by atoms with Crippen LogP contribution in [0.2, 0.25) is 0 Å². The zero-order chi connectivity index (χ0) is 13.1. The summed E-state index contributed by atoms with van der Waals surface area (Å²) in [5.41, 5.74) is 3.91. The van der Waals surface area contributed by atoms with Crippen molar-refractivity contribution >= 4 is 16.9 Å². The summed E-state index contributed by atoms with van der Waals surface area (Å²) in [6.07, 6.45) is 3.58. The number of aryl methyl sites for hydroxylation is 1. The molecule has 0 spiro atoms. The summed E-state index contributed by atoms with van der Waals surface area (Å²) < 4.78 is 0. The van der Waals surface area contributed by atoms with Gasteiger partial charge in [0.05, 0.1) is 16.7 Å². The minimum Gasteiger partial charge on any atom is -0.364 e. The average molecular weight is 250 g/mol. The van der Waals surface area contributed by atoms with E-state index in [1.54, 1.807) is 12.4 Å². The number of hydrogen-bond donors (Lipinski definition) is 1. The van der Waals surface area contributed by atoms with Gasteiger partial charge < -0.3 is 5.32 Å². The monoisotopic (exact) mass is 250 g/mol. The molecule has 0 atom stereocenters. The molecule has 0 aliphatic carbocycles. The molecule has 1 aromatic carbocycles. The smallest absolute Gasteiger partial charge is 0.148 e. The van der Waals surface area contributed by atoms with E-state index in [1.807, 2.05) is 43.3 Å². The Labute approximate surface area is 111 Å². The average Bonchev–Trinajstić information content (AvgIpc) is 2.46. The van der Waals surface area contributed by atoms with Crippen LogP contribution in [0.1, 0.15) is 11.3 Å². The number of aromatic nitrogens is 3. The van der Waals surface area contributed by atoms with Crippen molar-refractivity contribution < 1.29 is 0 Å². The van der Waals surface area contributed by atoms with Gasteiger partial charge in [-0.05, 0) is 36.8 Å². The lowest BCUT2D eigenvalue weighted by Crippen LogP contribution is -2.04. The molecule has 2 aromatic heterocycles. The number of nitrogens with zero attached hydrogens (tertiary/aromatic N) is 3. The molecule has 0 aliphatic heterocycles. The van der Waals surface area contributed by atoms with Crippen molar-refractivity contribution in [2.24, 2.45) is 0 Å². The van der Waals surface area contributed by atoms with Gasteiger partial charge >= 0.3 is 0 Å². The Morgan fingerprint density at radius 1 is 0.947 bits per heavy atom. The summed E-state index contributed by atoms with van der Waals surface area (Å²) in [4.78, 5) is 13.2. The first-order valence-electron chi connectivity index (χ1n) is 6.19. The molecule has 94 valence electrons. The Bertz CT molecular complexity index is 695. The van der Waals surface area contributed by atoms with Crippen molar-refractivity contribution in [3.8, 4) is 0 Å². The Morgan fingerprint density at radius 3 is 2.37 bits per heavy atom. The molecule has 0 bridgehead atoms. The van der Waals surface area contributed by atoms with E-state index in [4.69, 9.17) is 0 Å². The first-order chi connectivity index (χ1) is 9.33. The van der Waals surface area contributed by atoms with Crippen LogP contribution in [0.3, 0.4) is 0 Å². The van der Waals surface area contributed by atoms with Crippen LogP contribution in [0.4, 0.5) is 5.82 Å². The summed E-state index contributed by atoms with van der Waals surface area (Å²) >= 11 is 0. The molecule has 0 aliphatic rings. The minimum absolute atomic E-state index is 0.719. The fourth-order valence-electron chi connectivity index (χ4n) is 1.94. The fraction of sp³-hybridized carbons (Fsp3) is 0.133. The zero-order valence-corrected chi connectivity index (χ0v) is 10.7. The molecular weight excluding hydrogens is 236 g/mol. The molecule has 0 saturated heterocycles. The number of para-hydroxylation sites is 2. The molecule has 19 heavy (non-hydrogen) atoms. The van der Waals surface area contributed by atoms with Crippen LogP contribution in [0, 0.1) is 6.92 Å². The third kappa shape index (κ3) is 2.52. The van der Waals surface area contributed by atoms with Gasteiger partial charge in [-0.15, -0.1) is 0 Å². The largest absolute Gasteiger partial charge is 0.364 e. The van der Waals surface area contributed by atoms with E-state index >= 15 is 0 Å². The molecule has 3 rings (SSSR count). The van der Waals surface area contributed by atoms with Gasteiger partial charge in [0.2, 0.25) is 0 Å². The Hall–Kier alpha value is -2.49. The molecule has 1 N–H and O–H groups in total. The molecule has 0 unspecified atom stereocenters. The summed E-state index contributed by atoms with van der Waals surface area (Å²) in [6, 6.07) is 11.9. The molecule has 0 radical (unpaired) electrons. The van der Waals surface area contributed by atoms with Crippen molar-refractivity contribution in [2.45, 2.75) is 13.5 Å². The fourth-order valence-corrected chi connectivity index (χ4v) is 1.94. The molecule has 3 aromatic rings. The van der Waals surface area contributed by atoms with Crippen LogP contribution in [-0.4, -0.2) is 15.0 Å². The van der Waals surface area contributed by atoms with Crippen molar-refractivity contribution in [1.29, 1.82) is 0 Å². The number of pyridine rings is 1. The summed E-state index contributed by atoms with van der Waals surface area (Å²) in [5.74, 6) is 0.829. The van der Waals surface area contributed by atoms with Crippen molar-refractivity contribution in [1.82, 2.24) is 15.0 Å². The first kappa shape index (κ1) is 11.6. The molecule has 0 fully saturated rings. The van der Waals surface area contributed by atoms with Crippen LogP contribution in [0.25, 0.3) is 11.0 Å². The van der Waals surface area contributed by atoms with E-state index in [1.165, 1.54) is 5.56 Å². The van der Waals surface area contributed by atoms with E-state index in [2.05, 4.69) is 20.3 Å². The van der Waals surface area contributed by atoms with Gasteiger partial charge in [-0.25, -0.2) is 9.97 Å². The quantitative estimate of drug-likeness (QED) is 0.776. The van der Waals surface area contributed by atoms with Gasteiger partial charge in [0.1, 0.15) is 5.82 Å². The number of anilines is 1. The highest BCUT2D eigenvalue weighted by atomic mass is 15.0. The Morgan fingerprint density at radius 2 is 1.63 bits per heavy atom. The van der Waals surface area contributed by atoms with E-state index in [9.17, 15) is 0 Å². The van der Waals surface area contributed by atoms with Crippen molar-refractivity contribution in [3.63, 3.8) is 0 Å². The second-order valence-corrected chi connectivity index (χ2v) is 4.36. The SMILES string of the molecule is Cc1nc2ccccc2nc1NCc1ccncc1. The summed E-state index contributed by atoms with van der Waals surface area (Å²) in [5, 5.41) is 3.32. The van der Waals surface area contributed by atoms with E-state index in [0.717, 1.165) is 29.1 Å². The predicted octanol–water partition coefficient (Wildman–Crippen LogP) is 2.95. The number of fused-ring (bicyclic) bond motifs is 1. The maximum absolute atomic E-state index is 4.60. The highest BCUT2D eigenvalue weighted by Gasteiger charge is 2.04. The molecule has 4 nitrogen and oxygen atoms in total. The van der Waals surface area contributed by atoms with Crippen LogP contribution >= 0.6 is 0 Å². The number of hydrogen-bond acceptors (Lipinski definition) is 4. The standard InChI is InChI=1S/C15H14N4/c1-11-15(17-10-12-6-8-16-9-7-12)19-14-5-3-2-4-13(14)18-11/h2-9H,10H2,1H3,(H,17,19). The van der Waals surface area contributed by atoms with Gasteiger partial charge in [0, 0.05) is 18.9 Å². The predicted molar refractivity (Wildman–Crippen MR) is 75.8 cm³/mol. The van der Waals surface area contributed by atoms with Gasteiger partial charge in [-0.2, -0.15) is 0 Å². The van der Waals surface area contributed by atoms with Crippen LogP contribution in [0.15, 0.2) is 48.8 Å². The van der Waals surface area contributed by atoms with Gasteiger partial charge in [0.15, 0.2) is 0 Å². The van der Waals surface area contributed by atoms with E-state index in [-0.39, 0.29) is 0 Å². The first-order valence-corrected chi connectivity index (χ1v) is 6.19. The molecule has 0 amide bonds. The Balaban J connectivity index is 1.86. The second kappa shape index (κ2) is 5.02. The lowest BCUT2D eigenvalue weighted by atomic mass is 10.2. The Kier molecular flexibility index (Phi) is 3.06. The zero-order valence-electron chi connectivity index (χ0n) is 10.7. The highest BCUT2D eigenvalue weighted by Crippen LogP contribution is 2.16. The second-order valence-electron chi connectivity index (χ2n) is 4.36. The molecule has 0 saturated carbocycles. The van der Waals surface area contributed by atoms with Crippen molar-refractivity contribution in [3.05, 3.63) is 60.0 Å². The van der Waals surface area contributed by atoms with Gasteiger partial charge in [-0.3, -0.25) is 4.98 Å². The third-order valence-corrected chi connectivity index (χ3v) is 2.95. The van der Waals surface area contributed by atoms with Crippen molar-refractivity contribution in [2.75, 3.05) is 5.32 Å². The van der Waals surface area contributed by atoms with Crippen LogP contribution in [0.5, 0.6) is 0 Å². The maximum atomic E-state index is 4.60. The molecular formula is C15H14N4. The third-order valence-electron chi connectivity index (χ3n) is 2.95. The highest BCUT2D eigenvalue weighted by molar-refractivity contribution is 5.76. The summed E-state index contributed by atoms with van der Waals surface area (Å²) in [7, 11) is 0. The number of nitrogens with one attached hydrogen (secondary N) is 1. The van der Waals surface area contributed by atoms with E-state index in [0.29, 0.717) is 0 Å². The van der Waals surface area contributed by atoms with E-state index < -0.39 is 0 Å². The topological polar surface area (TPSA) is 50.7 Å². The maximum Gasteiger partial charge on any atom is 0.148 e. The lowest BCUT2D eigenvalue weighted by Gasteiger charge is -2.09. The molecule has 4 heteroatoms. The lowest BCUT2D eigenvalue weighted by molar-refractivity contribution is 1.07. The number of rotatable bonds is 3. The van der Waals surface area contributed by atoms with Crippen LogP contribution < -0.4 is 5.32 Å². The summed E-state index contributed by atoms with van der Waals surface area (Å²) in [6.45, 7) is 2.69.